The first-order chi connectivity index (χ1) is 11.5. The maximum atomic E-state index is 11.5. The smallest absolute Gasteiger partial charge is 0.326 e. The summed E-state index contributed by atoms with van der Waals surface area (Å²) in [6, 6.07) is 12.7. The van der Waals surface area contributed by atoms with E-state index in [0.717, 1.165) is 20.1 Å². The SMILES string of the molecule is O=C1NC(=O)/C(=C\c2ccc(OCc3ccc(Br)cc3Br)cc2)N1. The van der Waals surface area contributed by atoms with Crippen molar-refractivity contribution in [2.45, 2.75) is 6.61 Å². The van der Waals surface area contributed by atoms with Crippen molar-refractivity contribution in [1.82, 2.24) is 10.6 Å². The van der Waals surface area contributed by atoms with Gasteiger partial charge in [-0.05, 0) is 35.9 Å². The second-order valence-corrected chi connectivity index (χ2v) is 6.83. The third-order valence-corrected chi connectivity index (χ3v) is 4.55. The second kappa shape index (κ2) is 7.19. The van der Waals surface area contributed by atoms with E-state index in [0.29, 0.717) is 12.4 Å². The predicted octanol–water partition coefficient (Wildman–Crippen LogP) is 3.97. The molecule has 5 nitrogen and oxygen atoms in total. The molecule has 1 saturated heterocycles. The Kier molecular flexibility index (Phi) is 5.01. The third kappa shape index (κ3) is 4.04. The van der Waals surface area contributed by atoms with Gasteiger partial charge >= 0.3 is 6.03 Å². The summed E-state index contributed by atoms with van der Waals surface area (Å²) in [6.45, 7) is 0.437. The van der Waals surface area contributed by atoms with Gasteiger partial charge in [-0.1, -0.05) is 50.1 Å². The molecule has 0 bridgehead atoms. The molecule has 122 valence electrons. The summed E-state index contributed by atoms with van der Waals surface area (Å²) in [4.78, 5) is 22.5. The molecule has 1 aliphatic rings. The zero-order chi connectivity index (χ0) is 17.1. The summed E-state index contributed by atoms with van der Waals surface area (Å²) in [7, 11) is 0. The number of halogens is 2. The van der Waals surface area contributed by atoms with Crippen LogP contribution < -0.4 is 15.4 Å². The average molecular weight is 452 g/mol. The van der Waals surface area contributed by atoms with Crippen LogP contribution >= 0.6 is 31.9 Å². The molecule has 1 aliphatic heterocycles. The van der Waals surface area contributed by atoms with Gasteiger partial charge in [-0.25, -0.2) is 4.79 Å². The zero-order valence-corrected chi connectivity index (χ0v) is 15.5. The number of hydrogen-bond donors (Lipinski definition) is 2. The molecule has 2 aromatic carbocycles. The molecule has 7 heteroatoms. The van der Waals surface area contributed by atoms with Gasteiger partial charge in [0.1, 0.15) is 18.1 Å². The summed E-state index contributed by atoms with van der Waals surface area (Å²) >= 11 is 6.91. The molecule has 0 spiro atoms. The van der Waals surface area contributed by atoms with E-state index < -0.39 is 11.9 Å². The highest BCUT2D eigenvalue weighted by atomic mass is 79.9. The van der Waals surface area contributed by atoms with Crippen LogP contribution in [0.25, 0.3) is 6.08 Å². The number of ether oxygens (including phenoxy) is 1. The fourth-order valence-electron chi connectivity index (χ4n) is 2.11. The average Bonchev–Trinajstić information content (AvgIpc) is 2.85. The quantitative estimate of drug-likeness (QED) is 0.545. The van der Waals surface area contributed by atoms with E-state index in [1.807, 2.05) is 42.5 Å². The molecule has 24 heavy (non-hydrogen) atoms. The highest BCUT2D eigenvalue weighted by Crippen LogP contribution is 2.24. The Hall–Kier alpha value is -2.12. The number of urea groups is 1. The fraction of sp³-hybridized carbons (Fsp3) is 0.0588. The zero-order valence-electron chi connectivity index (χ0n) is 12.3. The molecule has 0 aliphatic carbocycles. The monoisotopic (exact) mass is 450 g/mol. The highest BCUT2D eigenvalue weighted by molar-refractivity contribution is 9.11. The lowest BCUT2D eigenvalue weighted by Gasteiger charge is -2.08. The van der Waals surface area contributed by atoms with Crippen molar-refractivity contribution in [3.8, 4) is 5.75 Å². The van der Waals surface area contributed by atoms with E-state index in [4.69, 9.17) is 4.74 Å². The lowest BCUT2D eigenvalue weighted by Crippen LogP contribution is -2.22. The van der Waals surface area contributed by atoms with Crippen molar-refractivity contribution < 1.29 is 14.3 Å². The number of carbonyl (C=O) groups is 2. The van der Waals surface area contributed by atoms with Gasteiger partial charge in [0, 0.05) is 14.5 Å². The number of benzene rings is 2. The van der Waals surface area contributed by atoms with Gasteiger partial charge in [0.15, 0.2) is 0 Å². The number of nitrogens with one attached hydrogen (secondary N) is 2. The summed E-state index contributed by atoms with van der Waals surface area (Å²) in [5.74, 6) is 0.285. The van der Waals surface area contributed by atoms with E-state index in [1.54, 1.807) is 6.08 Å². The Morgan fingerprint density at radius 3 is 2.38 bits per heavy atom. The molecule has 2 N–H and O–H groups in total. The molecule has 0 radical (unpaired) electrons. The maximum absolute atomic E-state index is 11.5. The molecule has 0 atom stereocenters. The van der Waals surface area contributed by atoms with Crippen LogP contribution in [0.4, 0.5) is 4.79 Å². The van der Waals surface area contributed by atoms with Gasteiger partial charge in [0.2, 0.25) is 0 Å². The number of imide groups is 1. The van der Waals surface area contributed by atoms with Gasteiger partial charge < -0.3 is 10.1 Å². The fourth-order valence-corrected chi connectivity index (χ4v) is 3.27. The molecular formula is C17H12Br2N2O3. The number of hydrogen-bond acceptors (Lipinski definition) is 3. The molecule has 1 fully saturated rings. The Morgan fingerprint density at radius 1 is 1.00 bits per heavy atom. The van der Waals surface area contributed by atoms with Crippen LogP contribution in [-0.4, -0.2) is 11.9 Å². The maximum Gasteiger partial charge on any atom is 0.326 e. The summed E-state index contributed by atoms with van der Waals surface area (Å²) in [5.41, 5.74) is 2.06. The van der Waals surface area contributed by atoms with Crippen LogP contribution in [0.5, 0.6) is 5.75 Å². The molecule has 3 amide bonds. The van der Waals surface area contributed by atoms with Crippen LogP contribution in [0.3, 0.4) is 0 Å². The summed E-state index contributed by atoms with van der Waals surface area (Å²) < 4.78 is 7.73. The van der Waals surface area contributed by atoms with E-state index in [9.17, 15) is 9.59 Å². The second-order valence-electron chi connectivity index (χ2n) is 5.06. The molecular weight excluding hydrogens is 440 g/mol. The summed E-state index contributed by atoms with van der Waals surface area (Å²) in [6.07, 6.45) is 1.61. The lowest BCUT2D eigenvalue weighted by atomic mass is 10.2. The number of carbonyl (C=O) groups excluding carboxylic acids is 2. The van der Waals surface area contributed by atoms with E-state index >= 15 is 0 Å². The van der Waals surface area contributed by atoms with Crippen LogP contribution in [-0.2, 0) is 11.4 Å². The van der Waals surface area contributed by atoms with Gasteiger partial charge in [-0.3, -0.25) is 10.1 Å². The van der Waals surface area contributed by atoms with Gasteiger partial charge in [-0.15, -0.1) is 0 Å². The van der Waals surface area contributed by atoms with Crippen molar-refractivity contribution in [2.75, 3.05) is 0 Å². The molecule has 0 unspecified atom stereocenters. The van der Waals surface area contributed by atoms with Crippen molar-refractivity contribution in [1.29, 1.82) is 0 Å². The van der Waals surface area contributed by atoms with Crippen LogP contribution in [0.1, 0.15) is 11.1 Å². The van der Waals surface area contributed by atoms with Gasteiger partial charge in [0.05, 0.1) is 0 Å². The largest absolute Gasteiger partial charge is 0.489 e. The number of amides is 3. The molecule has 1 heterocycles. The molecule has 0 saturated carbocycles. The standard InChI is InChI=1S/C17H12Br2N2O3/c18-12-4-3-11(14(19)8-12)9-24-13-5-1-10(2-6-13)7-15-16(22)21-17(23)20-15/h1-8H,9H2,(H2,20,21,22,23)/b15-7+. The van der Waals surface area contributed by atoms with E-state index in [1.165, 1.54) is 0 Å². The van der Waals surface area contributed by atoms with E-state index in [2.05, 4.69) is 42.5 Å². The van der Waals surface area contributed by atoms with Crippen LogP contribution in [0.15, 0.2) is 57.1 Å². The highest BCUT2D eigenvalue weighted by Gasteiger charge is 2.22. The Bertz CT molecular complexity index is 832. The first-order valence-corrected chi connectivity index (χ1v) is 8.61. The first kappa shape index (κ1) is 16.7. The Labute approximate surface area is 155 Å². The number of rotatable bonds is 4. The van der Waals surface area contributed by atoms with E-state index in [-0.39, 0.29) is 5.70 Å². The minimum atomic E-state index is -0.508. The van der Waals surface area contributed by atoms with Gasteiger partial charge in [-0.2, -0.15) is 0 Å². The van der Waals surface area contributed by atoms with Crippen molar-refractivity contribution in [2.24, 2.45) is 0 Å². The molecule has 3 rings (SSSR count). The lowest BCUT2D eigenvalue weighted by molar-refractivity contribution is -0.115. The summed E-state index contributed by atoms with van der Waals surface area (Å²) in [5, 5.41) is 4.60. The minimum Gasteiger partial charge on any atom is -0.489 e. The topological polar surface area (TPSA) is 67.4 Å². The molecule has 2 aromatic rings. The predicted molar refractivity (Wildman–Crippen MR) is 97.3 cm³/mol. The Morgan fingerprint density at radius 2 is 1.75 bits per heavy atom. The van der Waals surface area contributed by atoms with Crippen molar-refractivity contribution in [3.05, 3.63) is 68.2 Å². The van der Waals surface area contributed by atoms with Crippen LogP contribution in [0.2, 0.25) is 0 Å². The normalized spacial score (nSPS) is 15.3. The van der Waals surface area contributed by atoms with Crippen LogP contribution in [0, 0.1) is 0 Å². The third-order valence-electron chi connectivity index (χ3n) is 3.32. The first-order valence-electron chi connectivity index (χ1n) is 7.02. The van der Waals surface area contributed by atoms with Gasteiger partial charge in [0.25, 0.3) is 5.91 Å². The minimum absolute atomic E-state index is 0.229. The van der Waals surface area contributed by atoms with Crippen molar-refractivity contribution in [3.63, 3.8) is 0 Å². The van der Waals surface area contributed by atoms with Crippen molar-refractivity contribution >= 4 is 49.9 Å². The molecule has 0 aromatic heterocycles. The Balaban J connectivity index is 1.65.